The highest BCUT2D eigenvalue weighted by molar-refractivity contribution is 6.01. The Bertz CT molecular complexity index is 953. The number of anilines is 2. The monoisotopic (exact) mass is 311 g/mol. The van der Waals surface area contributed by atoms with Gasteiger partial charge < -0.3 is 15.1 Å². The largest absolute Gasteiger partial charge is 0.419 e. The highest BCUT2D eigenvalue weighted by atomic mass is 16.4. The van der Waals surface area contributed by atoms with Gasteiger partial charge in [0, 0.05) is 24.5 Å². The highest BCUT2D eigenvalue weighted by Crippen LogP contribution is 2.19. The van der Waals surface area contributed by atoms with Gasteiger partial charge in [-0.15, -0.1) is 0 Å². The average Bonchev–Trinajstić information content (AvgIpc) is 2.77. The molecule has 3 aromatic rings. The number of urea groups is 1. The quantitative estimate of drug-likeness (QED) is 0.761. The van der Waals surface area contributed by atoms with Gasteiger partial charge in [-0.2, -0.15) is 0 Å². The first-order valence-corrected chi connectivity index (χ1v) is 7.19. The Hall–Kier alpha value is -3.02. The minimum Gasteiger partial charge on any atom is -0.408 e. The number of carbonyl (C=O) groups is 1. The van der Waals surface area contributed by atoms with Crippen LogP contribution in [0, 0.1) is 13.8 Å². The SMILES string of the molecule is Cc1ccc(C)c(NC(=O)Nc2ccc3c(c2)oc(=O)n3C)c1. The van der Waals surface area contributed by atoms with Crippen LogP contribution in [0.25, 0.3) is 11.1 Å². The van der Waals surface area contributed by atoms with Crippen molar-refractivity contribution >= 4 is 28.5 Å². The standard InChI is InChI=1S/C17H17N3O3/c1-10-4-5-11(2)13(8-10)19-16(21)18-12-6-7-14-15(9-12)23-17(22)20(14)3/h4-9H,1-3H3,(H2,18,19,21). The summed E-state index contributed by atoms with van der Waals surface area (Å²) in [6.07, 6.45) is 0. The molecule has 0 unspecified atom stereocenters. The summed E-state index contributed by atoms with van der Waals surface area (Å²) in [7, 11) is 1.63. The Labute approximate surface area is 132 Å². The molecule has 3 rings (SSSR count). The highest BCUT2D eigenvalue weighted by Gasteiger charge is 2.09. The number of hydrogen-bond donors (Lipinski definition) is 2. The molecule has 0 atom stereocenters. The van der Waals surface area contributed by atoms with Crippen LogP contribution in [0.2, 0.25) is 0 Å². The van der Waals surface area contributed by atoms with Gasteiger partial charge in [0.2, 0.25) is 0 Å². The molecule has 0 aliphatic heterocycles. The number of hydrogen-bond acceptors (Lipinski definition) is 3. The molecule has 2 aromatic carbocycles. The van der Waals surface area contributed by atoms with E-state index in [1.54, 1.807) is 25.2 Å². The maximum Gasteiger partial charge on any atom is 0.419 e. The van der Waals surface area contributed by atoms with Crippen LogP contribution < -0.4 is 16.4 Å². The van der Waals surface area contributed by atoms with E-state index >= 15 is 0 Å². The molecule has 0 saturated heterocycles. The van der Waals surface area contributed by atoms with E-state index in [1.807, 2.05) is 32.0 Å². The molecule has 1 aromatic heterocycles. The zero-order valence-corrected chi connectivity index (χ0v) is 13.1. The second kappa shape index (κ2) is 5.64. The van der Waals surface area contributed by atoms with E-state index in [4.69, 9.17) is 4.42 Å². The molecule has 0 radical (unpaired) electrons. The number of aromatic nitrogens is 1. The maximum absolute atomic E-state index is 12.1. The summed E-state index contributed by atoms with van der Waals surface area (Å²) < 4.78 is 6.52. The van der Waals surface area contributed by atoms with Crippen molar-refractivity contribution in [2.75, 3.05) is 10.6 Å². The van der Waals surface area contributed by atoms with Crippen LogP contribution in [-0.2, 0) is 7.05 Å². The van der Waals surface area contributed by atoms with Crippen LogP contribution >= 0.6 is 0 Å². The second-order valence-corrected chi connectivity index (χ2v) is 5.51. The summed E-state index contributed by atoms with van der Waals surface area (Å²) in [5.74, 6) is -0.433. The normalized spacial score (nSPS) is 10.7. The number of nitrogens with one attached hydrogen (secondary N) is 2. The lowest BCUT2D eigenvalue weighted by Gasteiger charge is -2.10. The third-order valence-corrected chi connectivity index (χ3v) is 3.69. The maximum atomic E-state index is 12.1. The molecule has 6 nitrogen and oxygen atoms in total. The van der Waals surface area contributed by atoms with E-state index in [9.17, 15) is 9.59 Å². The molecule has 0 aliphatic carbocycles. The van der Waals surface area contributed by atoms with Crippen LogP contribution in [0.15, 0.2) is 45.6 Å². The number of rotatable bonds is 2. The molecule has 2 amide bonds. The molecule has 118 valence electrons. The van der Waals surface area contributed by atoms with Crippen molar-refractivity contribution in [1.29, 1.82) is 0 Å². The van der Waals surface area contributed by atoms with E-state index in [1.165, 1.54) is 4.57 Å². The van der Waals surface area contributed by atoms with Gasteiger partial charge in [0.15, 0.2) is 5.58 Å². The zero-order valence-electron chi connectivity index (χ0n) is 13.1. The number of benzene rings is 2. The van der Waals surface area contributed by atoms with E-state index < -0.39 is 5.76 Å². The molecule has 2 N–H and O–H groups in total. The van der Waals surface area contributed by atoms with Gasteiger partial charge in [-0.05, 0) is 43.2 Å². The van der Waals surface area contributed by atoms with E-state index in [0.717, 1.165) is 16.8 Å². The minimum atomic E-state index is -0.433. The van der Waals surface area contributed by atoms with Gasteiger partial charge in [-0.3, -0.25) is 4.57 Å². The zero-order chi connectivity index (χ0) is 16.6. The Morgan fingerprint density at radius 2 is 1.87 bits per heavy atom. The average molecular weight is 311 g/mol. The van der Waals surface area contributed by atoms with Crippen molar-refractivity contribution in [3.05, 3.63) is 58.1 Å². The second-order valence-electron chi connectivity index (χ2n) is 5.51. The first-order valence-electron chi connectivity index (χ1n) is 7.19. The molecule has 6 heteroatoms. The molecule has 1 heterocycles. The van der Waals surface area contributed by atoms with Crippen molar-refractivity contribution in [3.63, 3.8) is 0 Å². The van der Waals surface area contributed by atoms with E-state index in [2.05, 4.69) is 10.6 Å². The predicted molar refractivity (Wildman–Crippen MR) is 90.0 cm³/mol. The Balaban J connectivity index is 1.80. The molecule has 23 heavy (non-hydrogen) atoms. The number of carbonyl (C=O) groups excluding carboxylic acids is 1. The fraction of sp³-hybridized carbons (Fsp3) is 0.176. The Kier molecular flexibility index (Phi) is 3.65. The van der Waals surface area contributed by atoms with Crippen molar-refractivity contribution in [2.45, 2.75) is 13.8 Å². The summed E-state index contributed by atoms with van der Waals surface area (Å²) in [5, 5.41) is 5.55. The number of amides is 2. The summed E-state index contributed by atoms with van der Waals surface area (Å²) in [6, 6.07) is 10.6. The number of aryl methyl sites for hydroxylation is 3. The third kappa shape index (κ3) is 2.96. The number of nitrogens with zero attached hydrogens (tertiary/aromatic N) is 1. The van der Waals surface area contributed by atoms with Gasteiger partial charge in [-0.1, -0.05) is 12.1 Å². The molecule has 0 bridgehead atoms. The number of fused-ring (bicyclic) bond motifs is 1. The van der Waals surface area contributed by atoms with Crippen molar-refractivity contribution < 1.29 is 9.21 Å². The number of oxazole rings is 1. The lowest BCUT2D eigenvalue weighted by molar-refractivity contribution is 0.262. The fourth-order valence-electron chi connectivity index (χ4n) is 2.37. The van der Waals surface area contributed by atoms with Crippen LogP contribution in [0.3, 0.4) is 0 Å². The lowest BCUT2D eigenvalue weighted by Crippen LogP contribution is -2.20. The molecule has 0 aliphatic rings. The van der Waals surface area contributed by atoms with Gasteiger partial charge in [0.25, 0.3) is 0 Å². The summed E-state index contributed by atoms with van der Waals surface area (Å²) >= 11 is 0. The summed E-state index contributed by atoms with van der Waals surface area (Å²) in [5.41, 5.74) is 4.47. The van der Waals surface area contributed by atoms with E-state index in [-0.39, 0.29) is 6.03 Å². The molecular formula is C17H17N3O3. The van der Waals surface area contributed by atoms with Crippen LogP contribution in [0.1, 0.15) is 11.1 Å². The molecule has 0 saturated carbocycles. The van der Waals surface area contributed by atoms with Gasteiger partial charge in [0.05, 0.1) is 5.52 Å². The lowest BCUT2D eigenvalue weighted by atomic mass is 10.1. The Morgan fingerprint density at radius 1 is 1.09 bits per heavy atom. The van der Waals surface area contributed by atoms with Crippen molar-refractivity contribution in [2.24, 2.45) is 7.05 Å². The van der Waals surface area contributed by atoms with Crippen LogP contribution in [0.4, 0.5) is 16.2 Å². The topological polar surface area (TPSA) is 76.3 Å². The Morgan fingerprint density at radius 3 is 2.65 bits per heavy atom. The smallest absolute Gasteiger partial charge is 0.408 e. The third-order valence-electron chi connectivity index (χ3n) is 3.69. The van der Waals surface area contributed by atoms with Crippen molar-refractivity contribution in [1.82, 2.24) is 4.57 Å². The van der Waals surface area contributed by atoms with Gasteiger partial charge >= 0.3 is 11.8 Å². The van der Waals surface area contributed by atoms with Crippen molar-refractivity contribution in [3.8, 4) is 0 Å². The fourth-order valence-corrected chi connectivity index (χ4v) is 2.37. The van der Waals surface area contributed by atoms with Gasteiger partial charge in [-0.25, -0.2) is 9.59 Å². The minimum absolute atomic E-state index is 0.351. The summed E-state index contributed by atoms with van der Waals surface area (Å²) in [6.45, 7) is 3.90. The molecule has 0 spiro atoms. The molecule has 0 fully saturated rings. The summed E-state index contributed by atoms with van der Waals surface area (Å²) in [4.78, 5) is 23.6. The first-order chi connectivity index (χ1) is 10.9. The van der Waals surface area contributed by atoms with E-state index in [0.29, 0.717) is 16.8 Å². The molecular weight excluding hydrogens is 294 g/mol. The predicted octanol–water partition coefficient (Wildman–Crippen LogP) is 3.39. The van der Waals surface area contributed by atoms with Gasteiger partial charge in [0.1, 0.15) is 0 Å². The van der Waals surface area contributed by atoms with Crippen LogP contribution in [0.5, 0.6) is 0 Å². The first kappa shape index (κ1) is 14.9. The van der Waals surface area contributed by atoms with Crippen LogP contribution in [-0.4, -0.2) is 10.6 Å².